The first-order valence-corrected chi connectivity index (χ1v) is 6.87. The normalized spacial score (nSPS) is 19.9. The highest BCUT2D eigenvalue weighted by molar-refractivity contribution is 7.11. The Kier molecular flexibility index (Phi) is 4.32. The molecule has 0 saturated carbocycles. The second-order valence-electron chi connectivity index (χ2n) is 4.64. The molecule has 1 atom stereocenters. The largest absolute Gasteiger partial charge is 0.396 e. The smallest absolute Gasteiger partial charge is 0.0930 e. The Morgan fingerprint density at radius 2 is 2.31 bits per heavy atom. The zero-order valence-corrected chi connectivity index (χ0v) is 10.6. The van der Waals surface area contributed by atoms with E-state index >= 15 is 0 Å². The molecule has 1 aromatic rings. The van der Waals surface area contributed by atoms with Crippen LogP contribution in [0, 0.1) is 5.92 Å². The number of aromatic nitrogens is 1. The van der Waals surface area contributed by atoms with Crippen LogP contribution >= 0.6 is 11.3 Å². The van der Waals surface area contributed by atoms with E-state index < -0.39 is 0 Å². The van der Waals surface area contributed by atoms with E-state index in [4.69, 9.17) is 5.11 Å². The van der Waals surface area contributed by atoms with Gasteiger partial charge in [-0.15, -0.1) is 11.3 Å². The fourth-order valence-corrected chi connectivity index (χ4v) is 3.15. The molecular weight excluding hydrogens is 220 g/mol. The lowest BCUT2D eigenvalue weighted by Gasteiger charge is -2.21. The number of rotatable bonds is 4. The van der Waals surface area contributed by atoms with Crippen LogP contribution in [0.15, 0.2) is 6.20 Å². The summed E-state index contributed by atoms with van der Waals surface area (Å²) in [4.78, 5) is 5.68. The third-order valence-electron chi connectivity index (χ3n) is 3.25. The number of thiazole rings is 1. The lowest BCUT2D eigenvalue weighted by atomic mass is 9.95. The minimum atomic E-state index is 0.217. The predicted octanol–water partition coefficient (Wildman–Crippen LogP) is 1.78. The molecule has 3 nitrogen and oxygen atoms in total. The molecule has 4 heteroatoms. The second kappa shape index (κ2) is 5.75. The maximum absolute atomic E-state index is 9.09. The van der Waals surface area contributed by atoms with Gasteiger partial charge >= 0.3 is 0 Å². The Morgan fingerprint density at radius 1 is 1.56 bits per heavy atom. The number of aliphatic hydroxyl groups is 1. The predicted molar refractivity (Wildman–Crippen MR) is 66.9 cm³/mol. The molecule has 0 aromatic carbocycles. The number of nitrogens with zero attached hydrogens (tertiary/aromatic N) is 1. The van der Waals surface area contributed by atoms with Crippen LogP contribution in [0.4, 0.5) is 0 Å². The maximum Gasteiger partial charge on any atom is 0.0930 e. The van der Waals surface area contributed by atoms with Crippen molar-refractivity contribution in [2.24, 2.45) is 5.92 Å². The maximum atomic E-state index is 9.09. The van der Waals surface area contributed by atoms with E-state index in [0.717, 1.165) is 25.4 Å². The molecule has 0 amide bonds. The monoisotopic (exact) mass is 240 g/mol. The van der Waals surface area contributed by atoms with Crippen LogP contribution in [0.1, 0.15) is 35.6 Å². The zero-order valence-electron chi connectivity index (χ0n) is 9.78. The molecule has 1 fully saturated rings. The highest BCUT2D eigenvalue weighted by Crippen LogP contribution is 2.25. The van der Waals surface area contributed by atoms with Gasteiger partial charge in [-0.1, -0.05) is 6.92 Å². The van der Waals surface area contributed by atoms with Crippen molar-refractivity contribution in [2.45, 2.75) is 32.1 Å². The topological polar surface area (TPSA) is 45.2 Å². The number of piperidine rings is 1. The molecule has 0 aliphatic carbocycles. The molecule has 90 valence electrons. The molecule has 1 aliphatic rings. The molecule has 1 unspecified atom stereocenters. The lowest BCUT2D eigenvalue weighted by molar-refractivity contribution is 0.274. The first kappa shape index (κ1) is 12.0. The van der Waals surface area contributed by atoms with Crippen molar-refractivity contribution >= 4 is 11.3 Å². The summed E-state index contributed by atoms with van der Waals surface area (Å²) in [6, 6.07) is 0. The molecule has 16 heavy (non-hydrogen) atoms. The molecule has 2 rings (SSSR count). The quantitative estimate of drug-likeness (QED) is 0.843. The van der Waals surface area contributed by atoms with Gasteiger partial charge in [0.2, 0.25) is 0 Å². The standard InChI is InChI=1S/C12H20N2OS/c1-9(8-15)11-7-14-12(16-11)6-10-2-4-13-5-3-10/h7,9-10,13,15H,2-6,8H2,1H3. The minimum absolute atomic E-state index is 0.217. The number of aliphatic hydroxyl groups excluding tert-OH is 1. The van der Waals surface area contributed by atoms with Gasteiger partial charge in [0.15, 0.2) is 0 Å². The number of hydrogen-bond acceptors (Lipinski definition) is 4. The minimum Gasteiger partial charge on any atom is -0.396 e. The Balaban J connectivity index is 1.91. The summed E-state index contributed by atoms with van der Waals surface area (Å²) < 4.78 is 0. The van der Waals surface area contributed by atoms with Gasteiger partial charge in [0, 0.05) is 23.4 Å². The lowest BCUT2D eigenvalue weighted by Crippen LogP contribution is -2.28. The first-order chi connectivity index (χ1) is 7.79. The molecule has 1 aliphatic heterocycles. The van der Waals surface area contributed by atoms with Crippen LogP contribution in [-0.4, -0.2) is 29.8 Å². The highest BCUT2D eigenvalue weighted by atomic mass is 32.1. The van der Waals surface area contributed by atoms with Gasteiger partial charge in [0.25, 0.3) is 0 Å². The van der Waals surface area contributed by atoms with E-state index in [1.807, 2.05) is 13.1 Å². The summed E-state index contributed by atoms with van der Waals surface area (Å²) in [7, 11) is 0. The average Bonchev–Trinajstić information content (AvgIpc) is 2.78. The van der Waals surface area contributed by atoms with Gasteiger partial charge in [-0.2, -0.15) is 0 Å². The van der Waals surface area contributed by atoms with E-state index in [9.17, 15) is 0 Å². The second-order valence-corrected chi connectivity index (χ2v) is 5.78. The Morgan fingerprint density at radius 3 is 3.00 bits per heavy atom. The van der Waals surface area contributed by atoms with Crippen molar-refractivity contribution < 1.29 is 5.11 Å². The summed E-state index contributed by atoms with van der Waals surface area (Å²) in [5.41, 5.74) is 0. The summed E-state index contributed by atoms with van der Waals surface area (Å²) in [6.07, 6.45) is 5.58. The summed E-state index contributed by atoms with van der Waals surface area (Å²) in [5.74, 6) is 1.03. The Labute approximate surface area is 101 Å². The van der Waals surface area contributed by atoms with Crippen LogP contribution < -0.4 is 5.32 Å². The molecule has 0 radical (unpaired) electrons. The first-order valence-electron chi connectivity index (χ1n) is 6.05. The number of nitrogens with one attached hydrogen (secondary N) is 1. The summed E-state index contributed by atoms with van der Waals surface area (Å²) in [5, 5.41) is 13.7. The van der Waals surface area contributed by atoms with E-state index in [-0.39, 0.29) is 12.5 Å². The average molecular weight is 240 g/mol. The van der Waals surface area contributed by atoms with Crippen LogP contribution in [0.5, 0.6) is 0 Å². The van der Waals surface area contributed by atoms with Gasteiger partial charge in [0.05, 0.1) is 11.6 Å². The fraction of sp³-hybridized carbons (Fsp3) is 0.750. The van der Waals surface area contributed by atoms with Crippen molar-refractivity contribution in [3.63, 3.8) is 0 Å². The fourth-order valence-electron chi connectivity index (χ4n) is 2.07. The summed E-state index contributed by atoms with van der Waals surface area (Å²) >= 11 is 1.77. The van der Waals surface area contributed by atoms with Crippen molar-refractivity contribution in [1.82, 2.24) is 10.3 Å². The van der Waals surface area contributed by atoms with Gasteiger partial charge in [0.1, 0.15) is 0 Å². The third kappa shape index (κ3) is 3.03. The van der Waals surface area contributed by atoms with E-state index in [1.54, 1.807) is 11.3 Å². The summed E-state index contributed by atoms with van der Waals surface area (Å²) in [6.45, 7) is 4.56. The molecule has 2 heterocycles. The van der Waals surface area contributed by atoms with Gasteiger partial charge < -0.3 is 10.4 Å². The van der Waals surface area contributed by atoms with Crippen molar-refractivity contribution in [1.29, 1.82) is 0 Å². The van der Waals surface area contributed by atoms with Crippen LogP contribution in [0.25, 0.3) is 0 Å². The van der Waals surface area contributed by atoms with Gasteiger partial charge in [-0.05, 0) is 31.8 Å². The molecule has 1 aromatic heterocycles. The molecular formula is C12H20N2OS. The third-order valence-corrected chi connectivity index (χ3v) is 4.50. The SMILES string of the molecule is CC(CO)c1cnc(CC2CCNCC2)s1. The van der Waals surface area contributed by atoms with Crippen LogP contribution in [-0.2, 0) is 6.42 Å². The Bertz CT molecular complexity index is 321. The molecule has 0 bridgehead atoms. The van der Waals surface area contributed by atoms with Crippen LogP contribution in [0.2, 0.25) is 0 Å². The van der Waals surface area contributed by atoms with E-state index in [2.05, 4.69) is 10.3 Å². The Hall–Kier alpha value is -0.450. The van der Waals surface area contributed by atoms with Crippen molar-refractivity contribution in [2.75, 3.05) is 19.7 Å². The van der Waals surface area contributed by atoms with E-state index in [1.165, 1.54) is 22.7 Å². The highest BCUT2D eigenvalue weighted by Gasteiger charge is 2.16. The van der Waals surface area contributed by atoms with E-state index in [0.29, 0.717) is 0 Å². The number of hydrogen-bond donors (Lipinski definition) is 2. The molecule has 2 N–H and O–H groups in total. The van der Waals surface area contributed by atoms with Crippen molar-refractivity contribution in [3.8, 4) is 0 Å². The van der Waals surface area contributed by atoms with Gasteiger partial charge in [-0.3, -0.25) is 0 Å². The molecule has 0 spiro atoms. The van der Waals surface area contributed by atoms with Crippen LogP contribution in [0.3, 0.4) is 0 Å². The van der Waals surface area contributed by atoms with Gasteiger partial charge in [-0.25, -0.2) is 4.98 Å². The molecule has 1 saturated heterocycles. The van der Waals surface area contributed by atoms with Crippen molar-refractivity contribution in [3.05, 3.63) is 16.1 Å². The zero-order chi connectivity index (χ0) is 11.4.